The second-order valence-electron chi connectivity index (χ2n) is 8.93. The van der Waals surface area contributed by atoms with Gasteiger partial charge in [-0.3, -0.25) is 4.79 Å². The molecule has 6 heteroatoms. The van der Waals surface area contributed by atoms with Crippen molar-refractivity contribution in [3.8, 4) is 0 Å². The van der Waals surface area contributed by atoms with Crippen LogP contribution < -0.4 is 0 Å². The molecular weight excluding hydrogens is 422 g/mol. The van der Waals surface area contributed by atoms with Crippen molar-refractivity contribution in [1.82, 2.24) is 4.57 Å². The molecular formula is C27H28F2N2O2. The zero-order valence-corrected chi connectivity index (χ0v) is 18.9. The zero-order valence-electron chi connectivity index (χ0n) is 18.9. The number of fused-ring (bicyclic) bond motifs is 1. The molecule has 0 fully saturated rings. The van der Waals surface area contributed by atoms with Crippen LogP contribution in [0.5, 0.6) is 0 Å². The van der Waals surface area contributed by atoms with Gasteiger partial charge in [0.2, 0.25) is 0 Å². The quantitative estimate of drug-likeness (QED) is 0.270. The summed E-state index contributed by atoms with van der Waals surface area (Å²) in [5.74, 6) is -1.71. The summed E-state index contributed by atoms with van der Waals surface area (Å²) in [5.41, 5.74) is 6.14. The highest BCUT2D eigenvalue weighted by Gasteiger charge is 2.31. The van der Waals surface area contributed by atoms with E-state index in [1.807, 2.05) is 18.2 Å². The summed E-state index contributed by atoms with van der Waals surface area (Å²) in [6.07, 6.45) is 2.32. The van der Waals surface area contributed by atoms with Crippen LogP contribution in [0.25, 0.3) is 0 Å². The van der Waals surface area contributed by atoms with E-state index in [0.717, 1.165) is 34.6 Å². The summed E-state index contributed by atoms with van der Waals surface area (Å²) in [6, 6.07) is 13.9. The average Bonchev–Trinajstić information content (AvgIpc) is 3.14. The van der Waals surface area contributed by atoms with Gasteiger partial charge in [-0.1, -0.05) is 55.4 Å². The molecule has 0 spiro atoms. The number of carbonyl (C=O) groups is 1. The van der Waals surface area contributed by atoms with Crippen LogP contribution in [-0.4, -0.2) is 21.3 Å². The third-order valence-electron chi connectivity index (χ3n) is 6.33. The van der Waals surface area contributed by atoms with Crippen molar-refractivity contribution in [3.63, 3.8) is 0 Å². The van der Waals surface area contributed by atoms with Crippen molar-refractivity contribution in [2.45, 2.75) is 58.4 Å². The summed E-state index contributed by atoms with van der Waals surface area (Å²) in [4.78, 5) is 13.5. The third kappa shape index (κ3) is 4.75. The van der Waals surface area contributed by atoms with Crippen LogP contribution in [0.15, 0.2) is 53.7 Å². The van der Waals surface area contributed by atoms with E-state index in [4.69, 9.17) is 0 Å². The molecule has 1 N–H and O–H groups in total. The maximum Gasteiger partial charge on any atom is 0.165 e. The lowest BCUT2D eigenvalue weighted by Crippen LogP contribution is -2.17. The van der Waals surface area contributed by atoms with E-state index in [9.17, 15) is 18.8 Å². The largest absolute Gasteiger partial charge is 0.411 e. The van der Waals surface area contributed by atoms with Crippen LogP contribution in [0.2, 0.25) is 0 Å². The van der Waals surface area contributed by atoms with Gasteiger partial charge in [0, 0.05) is 36.3 Å². The number of oxime groups is 1. The average molecular weight is 451 g/mol. The molecule has 1 aliphatic rings. The minimum absolute atomic E-state index is 0.0225. The Bertz CT molecular complexity index is 1200. The number of ketones is 1. The van der Waals surface area contributed by atoms with Crippen molar-refractivity contribution in [1.29, 1.82) is 0 Å². The first-order chi connectivity index (χ1) is 15.9. The van der Waals surface area contributed by atoms with Gasteiger partial charge in [-0.25, -0.2) is 8.78 Å². The van der Waals surface area contributed by atoms with Gasteiger partial charge in [0.1, 0.15) is 0 Å². The number of hydrogen-bond donors (Lipinski definition) is 1. The number of benzene rings is 2. The fourth-order valence-corrected chi connectivity index (χ4v) is 4.79. The number of hydrogen-bond acceptors (Lipinski definition) is 3. The summed E-state index contributed by atoms with van der Waals surface area (Å²) >= 11 is 0. The number of carbonyl (C=O) groups excluding carboxylic acids is 1. The normalized spacial score (nSPS) is 14.6. The molecule has 1 heterocycles. The number of halogens is 2. The van der Waals surface area contributed by atoms with Crippen molar-refractivity contribution in [3.05, 3.63) is 93.8 Å². The molecule has 4 nitrogen and oxygen atoms in total. The molecule has 2 aromatic carbocycles. The lowest BCUT2D eigenvalue weighted by atomic mass is 9.88. The van der Waals surface area contributed by atoms with Gasteiger partial charge in [-0.05, 0) is 54.0 Å². The Labute approximate surface area is 192 Å². The van der Waals surface area contributed by atoms with Crippen molar-refractivity contribution in [2.75, 3.05) is 0 Å². The fourth-order valence-electron chi connectivity index (χ4n) is 4.79. The van der Waals surface area contributed by atoms with Crippen molar-refractivity contribution >= 4 is 11.5 Å². The molecule has 172 valence electrons. The number of aromatic nitrogens is 1. The maximum absolute atomic E-state index is 13.6. The van der Waals surface area contributed by atoms with E-state index >= 15 is 0 Å². The predicted octanol–water partition coefficient (Wildman–Crippen LogP) is 6.07. The zero-order chi connectivity index (χ0) is 23.5. The van der Waals surface area contributed by atoms with Crippen LogP contribution in [0.1, 0.15) is 71.0 Å². The van der Waals surface area contributed by atoms with E-state index in [2.05, 4.69) is 35.7 Å². The highest BCUT2D eigenvalue weighted by atomic mass is 19.2. The summed E-state index contributed by atoms with van der Waals surface area (Å²) in [5, 5.41) is 12.8. The molecule has 0 saturated heterocycles. The van der Waals surface area contributed by atoms with E-state index < -0.39 is 11.6 Å². The molecule has 1 aliphatic carbocycles. The second-order valence-corrected chi connectivity index (χ2v) is 8.93. The van der Waals surface area contributed by atoms with Gasteiger partial charge in [0.05, 0.1) is 5.71 Å². The van der Waals surface area contributed by atoms with Gasteiger partial charge in [0.15, 0.2) is 17.4 Å². The van der Waals surface area contributed by atoms with E-state index in [0.29, 0.717) is 49.1 Å². The Kier molecular flexibility index (Phi) is 6.72. The van der Waals surface area contributed by atoms with Gasteiger partial charge in [-0.15, -0.1) is 0 Å². The summed E-state index contributed by atoms with van der Waals surface area (Å²) < 4.78 is 29.1. The molecule has 0 amide bonds. The minimum Gasteiger partial charge on any atom is -0.411 e. The first kappa shape index (κ1) is 22.9. The second kappa shape index (κ2) is 9.69. The molecule has 3 aromatic rings. The van der Waals surface area contributed by atoms with E-state index in [1.165, 1.54) is 6.07 Å². The first-order valence-corrected chi connectivity index (χ1v) is 11.3. The molecule has 0 aliphatic heterocycles. The minimum atomic E-state index is -0.905. The molecule has 0 atom stereocenters. The maximum atomic E-state index is 13.6. The lowest BCUT2D eigenvalue weighted by molar-refractivity contribution is 0.0980. The highest BCUT2D eigenvalue weighted by Crippen LogP contribution is 2.35. The molecule has 33 heavy (non-hydrogen) atoms. The van der Waals surface area contributed by atoms with Gasteiger partial charge < -0.3 is 9.77 Å². The highest BCUT2D eigenvalue weighted by molar-refractivity contribution is 6.02. The Hall–Kier alpha value is -3.28. The molecule has 0 bridgehead atoms. The molecule has 0 saturated carbocycles. The number of rotatable bonds is 7. The SMILES string of the molecule is CC(C)c1c(C(=O)CCc2ccc(F)c(F)c2)c2c(n1Cc1ccccc1)CC/C(=N/O)C2. The number of Topliss-reactive ketones (excluding diaryl/α,β-unsaturated/α-hetero) is 1. The van der Waals surface area contributed by atoms with Gasteiger partial charge in [0.25, 0.3) is 0 Å². The Morgan fingerprint density at radius 3 is 2.48 bits per heavy atom. The van der Waals surface area contributed by atoms with Gasteiger partial charge >= 0.3 is 0 Å². The first-order valence-electron chi connectivity index (χ1n) is 11.3. The number of nitrogens with zero attached hydrogens (tertiary/aromatic N) is 2. The van der Waals surface area contributed by atoms with Crippen molar-refractivity contribution < 1.29 is 18.8 Å². The fraction of sp³-hybridized carbons (Fsp3) is 0.333. The lowest BCUT2D eigenvalue weighted by Gasteiger charge is -2.19. The van der Waals surface area contributed by atoms with Crippen LogP contribution in [0.3, 0.4) is 0 Å². The molecule has 0 unspecified atom stereocenters. The Morgan fingerprint density at radius 2 is 1.82 bits per heavy atom. The van der Waals surface area contributed by atoms with Crippen molar-refractivity contribution in [2.24, 2.45) is 5.16 Å². The predicted molar refractivity (Wildman–Crippen MR) is 124 cm³/mol. The monoisotopic (exact) mass is 450 g/mol. The smallest absolute Gasteiger partial charge is 0.165 e. The molecule has 1 aromatic heterocycles. The van der Waals surface area contributed by atoms with Crippen LogP contribution in [-0.2, 0) is 25.8 Å². The molecule has 0 radical (unpaired) electrons. The van der Waals surface area contributed by atoms with E-state index in [-0.39, 0.29) is 18.1 Å². The van der Waals surface area contributed by atoms with Crippen LogP contribution in [0.4, 0.5) is 8.78 Å². The number of aryl methyl sites for hydroxylation is 1. The Morgan fingerprint density at radius 1 is 1.06 bits per heavy atom. The summed E-state index contributed by atoms with van der Waals surface area (Å²) in [6.45, 7) is 4.82. The molecule has 4 rings (SSSR count). The topological polar surface area (TPSA) is 54.6 Å². The van der Waals surface area contributed by atoms with Gasteiger partial charge in [-0.2, -0.15) is 0 Å². The van der Waals surface area contributed by atoms with Crippen LogP contribution >= 0.6 is 0 Å². The third-order valence-corrected chi connectivity index (χ3v) is 6.33. The van der Waals surface area contributed by atoms with Crippen LogP contribution in [0, 0.1) is 11.6 Å². The Balaban J connectivity index is 1.73. The summed E-state index contributed by atoms with van der Waals surface area (Å²) in [7, 11) is 0. The van der Waals surface area contributed by atoms with E-state index in [1.54, 1.807) is 0 Å². The standard InChI is InChI=1S/C27H28F2N2O2/c1-17(2)27-26(25(32)13-9-18-8-11-22(28)23(29)14-18)21-15-20(30-33)10-12-24(21)31(27)16-19-6-4-3-5-7-19/h3-8,11,14,17,33H,9-10,12-13,15-16H2,1-2H3/b30-20-.